The number of alkyl halides is 1. The topological polar surface area (TPSA) is 27.1 Å². The van der Waals surface area contributed by atoms with Crippen molar-refractivity contribution in [2.75, 3.05) is 11.9 Å². The van der Waals surface area contributed by atoms with Gasteiger partial charge in [0.1, 0.15) is 0 Å². The van der Waals surface area contributed by atoms with Gasteiger partial charge in [-0.15, -0.1) is 0 Å². The summed E-state index contributed by atoms with van der Waals surface area (Å²) in [6.45, 7) is 5.24. The second-order valence-corrected chi connectivity index (χ2v) is 5.33. The first-order valence-electron chi connectivity index (χ1n) is 6.33. The van der Waals surface area contributed by atoms with Crippen molar-refractivity contribution in [2.45, 2.75) is 39.5 Å². The fraction of sp³-hybridized carbons (Fsp3) is 0.769. The van der Waals surface area contributed by atoms with Gasteiger partial charge in [-0.3, -0.25) is 4.68 Å². The van der Waals surface area contributed by atoms with Gasteiger partial charge in [0.25, 0.3) is 0 Å². The number of hydrogen-bond acceptors (Lipinski definition) is 2. The molecule has 0 N–H and O–H groups in total. The molecule has 0 saturated carbocycles. The maximum Gasteiger partial charge on any atom is 0.157 e. The lowest BCUT2D eigenvalue weighted by atomic mass is 9.82. The van der Waals surface area contributed by atoms with Crippen LogP contribution >= 0.6 is 15.9 Å². The Kier molecular flexibility index (Phi) is 6.03. The van der Waals surface area contributed by atoms with Crippen LogP contribution in [0.2, 0.25) is 0 Å². The molecule has 0 atom stereocenters. The number of aromatic nitrogens is 2. The summed E-state index contributed by atoms with van der Waals surface area (Å²) in [5.74, 6) is 0.866. The fourth-order valence-corrected chi connectivity index (χ4v) is 2.93. The molecule has 0 aliphatic rings. The van der Waals surface area contributed by atoms with E-state index in [1.807, 2.05) is 13.2 Å². The van der Waals surface area contributed by atoms with Gasteiger partial charge in [0.2, 0.25) is 0 Å². The zero-order valence-electron chi connectivity index (χ0n) is 11.1. The minimum atomic E-state index is 0.263. The Hall–Kier alpha value is -0.510. The van der Waals surface area contributed by atoms with E-state index in [1.54, 1.807) is 10.9 Å². The van der Waals surface area contributed by atoms with Crippen molar-refractivity contribution in [2.24, 2.45) is 12.5 Å². The van der Waals surface area contributed by atoms with Crippen molar-refractivity contribution < 1.29 is 4.74 Å². The van der Waals surface area contributed by atoms with Gasteiger partial charge in [-0.1, -0.05) is 42.6 Å². The standard InChI is InChI=1S/C13H23BrN2O/c1-4-6-13(10-14,7-5-2)11-17-12-8-15-16(3)9-12/h8-9H,4-7,10-11H2,1-3H3. The Morgan fingerprint density at radius 2 is 2.00 bits per heavy atom. The Morgan fingerprint density at radius 1 is 1.35 bits per heavy atom. The van der Waals surface area contributed by atoms with E-state index in [-0.39, 0.29) is 5.41 Å². The third-order valence-corrected chi connectivity index (χ3v) is 4.26. The lowest BCUT2D eigenvalue weighted by Crippen LogP contribution is -2.30. The Morgan fingerprint density at radius 3 is 2.41 bits per heavy atom. The highest BCUT2D eigenvalue weighted by molar-refractivity contribution is 9.09. The lowest BCUT2D eigenvalue weighted by molar-refractivity contribution is 0.144. The second-order valence-electron chi connectivity index (χ2n) is 4.77. The molecule has 0 spiro atoms. The monoisotopic (exact) mass is 302 g/mol. The van der Waals surface area contributed by atoms with Crippen molar-refractivity contribution in [3.8, 4) is 5.75 Å². The molecule has 1 heterocycles. The molecular weight excluding hydrogens is 280 g/mol. The largest absolute Gasteiger partial charge is 0.490 e. The molecule has 1 rings (SSSR count). The van der Waals surface area contributed by atoms with Crippen LogP contribution in [0.25, 0.3) is 0 Å². The van der Waals surface area contributed by atoms with Crippen LogP contribution in [0.3, 0.4) is 0 Å². The third-order valence-electron chi connectivity index (χ3n) is 3.07. The smallest absolute Gasteiger partial charge is 0.157 e. The van der Waals surface area contributed by atoms with Crippen LogP contribution in [-0.4, -0.2) is 21.7 Å². The summed E-state index contributed by atoms with van der Waals surface area (Å²) in [6.07, 6.45) is 8.48. The number of rotatable bonds is 8. The zero-order chi connectivity index (χ0) is 12.7. The molecule has 98 valence electrons. The molecule has 1 aromatic heterocycles. The van der Waals surface area contributed by atoms with Crippen LogP contribution < -0.4 is 4.74 Å². The van der Waals surface area contributed by atoms with E-state index in [0.717, 1.165) is 17.7 Å². The molecule has 0 aliphatic heterocycles. The molecule has 0 radical (unpaired) electrons. The molecule has 0 amide bonds. The Balaban J connectivity index is 2.59. The highest BCUT2D eigenvalue weighted by atomic mass is 79.9. The van der Waals surface area contributed by atoms with Gasteiger partial charge in [0, 0.05) is 17.8 Å². The first kappa shape index (κ1) is 14.6. The maximum atomic E-state index is 5.88. The molecule has 4 heteroatoms. The molecule has 0 aliphatic carbocycles. The summed E-state index contributed by atoms with van der Waals surface area (Å²) in [5, 5.41) is 5.12. The van der Waals surface area contributed by atoms with Crippen LogP contribution in [-0.2, 0) is 7.05 Å². The van der Waals surface area contributed by atoms with Gasteiger partial charge in [-0.2, -0.15) is 5.10 Å². The van der Waals surface area contributed by atoms with Gasteiger partial charge in [-0.05, 0) is 12.8 Å². The van der Waals surface area contributed by atoms with E-state index in [2.05, 4.69) is 34.9 Å². The predicted octanol–water partition coefficient (Wildman–Crippen LogP) is 3.78. The summed E-state index contributed by atoms with van der Waals surface area (Å²) in [6, 6.07) is 0. The molecule has 0 bridgehead atoms. The van der Waals surface area contributed by atoms with Crippen LogP contribution in [0.4, 0.5) is 0 Å². The van der Waals surface area contributed by atoms with E-state index in [4.69, 9.17) is 4.74 Å². The third kappa shape index (κ3) is 4.34. The summed E-state index contributed by atoms with van der Waals surface area (Å²) < 4.78 is 7.64. The summed E-state index contributed by atoms with van der Waals surface area (Å²) in [4.78, 5) is 0. The van der Waals surface area contributed by atoms with Crippen molar-refractivity contribution in [3.63, 3.8) is 0 Å². The number of halogens is 1. The van der Waals surface area contributed by atoms with Crippen molar-refractivity contribution in [1.29, 1.82) is 0 Å². The predicted molar refractivity (Wildman–Crippen MR) is 74.7 cm³/mol. The average molecular weight is 303 g/mol. The maximum absolute atomic E-state index is 5.88. The SMILES string of the molecule is CCCC(CBr)(CCC)COc1cnn(C)c1. The number of nitrogens with zero attached hydrogens (tertiary/aromatic N) is 2. The van der Waals surface area contributed by atoms with Crippen LogP contribution in [0.5, 0.6) is 5.75 Å². The average Bonchev–Trinajstić information content (AvgIpc) is 2.73. The van der Waals surface area contributed by atoms with Crippen LogP contribution in [0.1, 0.15) is 39.5 Å². The number of hydrogen-bond donors (Lipinski definition) is 0. The van der Waals surface area contributed by atoms with E-state index in [1.165, 1.54) is 25.7 Å². The van der Waals surface area contributed by atoms with Crippen molar-refractivity contribution >= 4 is 15.9 Å². The highest BCUT2D eigenvalue weighted by Gasteiger charge is 2.28. The van der Waals surface area contributed by atoms with Crippen molar-refractivity contribution in [1.82, 2.24) is 9.78 Å². The molecule has 1 aromatic rings. The lowest BCUT2D eigenvalue weighted by Gasteiger charge is -2.31. The minimum absolute atomic E-state index is 0.263. The van der Waals surface area contributed by atoms with E-state index in [0.29, 0.717) is 0 Å². The van der Waals surface area contributed by atoms with Gasteiger partial charge in [0.15, 0.2) is 5.75 Å². The number of ether oxygens (including phenoxy) is 1. The van der Waals surface area contributed by atoms with Crippen LogP contribution in [0.15, 0.2) is 12.4 Å². The van der Waals surface area contributed by atoms with Gasteiger partial charge in [0.05, 0.1) is 19.0 Å². The van der Waals surface area contributed by atoms with Gasteiger partial charge < -0.3 is 4.74 Å². The van der Waals surface area contributed by atoms with Gasteiger partial charge >= 0.3 is 0 Å². The van der Waals surface area contributed by atoms with E-state index < -0.39 is 0 Å². The Bertz CT molecular complexity index is 319. The first-order valence-corrected chi connectivity index (χ1v) is 7.45. The Labute approximate surface area is 113 Å². The second kappa shape index (κ2) is 7.04. The van der Waals surface area contributed by atoms with E-state index >= 15 is 0 Å². The van der Waals surface area contributed by atoms with E-state index in [9.17, 15) is 0 Å². The summed E-state index contributed by atoms with van der Waals surface area (Å²) >= 11 is 3.65. The fourth-order valence-electron chi connectivity index (χ4n) is 2.21. The molecule has 0 saturated heterocycles. The molecule has 0 fully saturated rings. The molecule has 17 heavy (non-hydrogen) atoms. The molecular formula is C13H23BrN2O. The van der Waals surface area contributed by atoms with Gasteiger partial charge in [-0.25, -0.2) is 0 Å². The number of aryl methyl sites for hydroxylation is 1. The molecule has 0 aromatic carbocycles. The van der Waals surface area contributed by atoms with Crippen LogP contribution in [0, 0.1) is 5.41 Å². The first-order chi connectivity index (χ1) is 8.15. The normalized spacial score (nSPS) is 11.8. The minimum Gasteiger partial charge on any atom is -0.490 e. The summed E-state index contributed by atoms with van der Waals surface area (Å²) in [5.41, 5.74) is 0.263. The zero-order valence-corrected chi connectivity index (χ0v) is 12.7. The molecule has 3 nitrogen and oxygen atoms in total. The summed E-state index contributed by atoms with van der Waals surface area (Å²) in [7, 11) is 1.91. The molecule has 0 unspecified atom stereocenters. The quantitative estimate of drug-likeness (QED) is 0.683. The van der Waals surface area contributed by atoms with Crippen molar-refractivity contribution in [3.05, 3.63) is 12.4 Å². The highest BCUT2D eigenvalue weighted by Crippen LogP contribution is 2.32.